The Balaban J connectivity index is 0.000001000. The van der Waals surface area contributed by atoms with E-state index in [1.165, 1.54) is 12.1 Å². The number of hydrogen-bond donors (Lipinski definition) is 1. The van der Waals surface area contributed by atoms with Crippen molar-refractivity contribution in [3.8, 4) is 0 Å². The van der Waals surface area contributed by atoms with Crippen molar-refractivity contribution in [2.24, 2.45) is 0 Å². The van der Waals surface area contributed by atoms with Crippen molar-refractivity contribution in [2.75, 3.05) is 0 Å². The predicted octanol–water partition coefficient (Wildman–Crippen LogP) is 1.50. The summed E-state index contributed by atoms with van der Waals surface area (Å²) in [6.07, 6.45) is 0. The van der Waals surface area contributed by atoms with E-state index in [0.29, 0.717) is 0 Å². The molecule has 0 fully saturated rings. The quantitative estimate of drug-likeness (QED) is 0.319. The topological polar surface area (TPSA) is 43.1 Å². The SMILES string of the molecule is O=[N+]([O-])c1ccc(S)cc1.[K]. The maximum atomic E-state index is 10.1. The molecule has 0 saturated carbocycles. The normalized spacial score (nSPS) is 8.45. The van der Waals surface area contributed by atoms with Crippen LogP contribution < -0.4 is 0 Å². The molecule has 0 aliphatic carbocycles. The van der Waals surface area contributed by atoms with Gasteiger partial charge >= 0.3 is 0 Å². The van der Waals surface area contributed by atoms with Crippen LogP contribution in [-0.4, -0.2) is 56.3 Å². The van der Waals surface area contributed by atoms with Gasteiger partial charge in [-0.2, -0.15) is 0 Å². The fourth-order valence-corrected chi connectivity index (χ4v) is 0.723. The van der Waals surface area contributed by atoms with Gasteiger partial charge in [-0.15, -0.1) is 12.6 Å². The Morgan fingerprint density at radius 3 is 2.09 bits per heavy atom. The van der Waals surface area contributed by atoms with E-state index in [1.807, 2.05) is 0 Å². The average Bonchev–Trinajstić information content (AvgIpc) is 1.88. The van der Waals surface area contributed by atoms with Gasteiger partial charge in [0, 0.05) is 68.4 Å². The van der Waals surface area contributed by atoms with Crippen molar-refractivity contribution in [3.63, 3.8) is 0 Å². The molecular formula is C6H5KNO2S. The van der Waals surface area contributed by atoms with Crippen LogP contribution in [0.4, 0.5) is 5.69 Å². The monoisotopic (exact) mass is 194 g/mol. The summed E-state index contributed by atoms with van der Waals surface area (Å²) < 4.78 is 0. The van der Waals surface area contributed by atoms with E-state index in [9.17, 15) is 10.1 Å². The predicted molar refractivity (Wildman–Crippen MR) is 46.1 cm³/mol. The third-order valence-electron chi connectivity index (χ3n) is 1.06. The second-order valence-corrected chi connectivity index (χ2v) is 2.29. The molecule has 1 aromatic rings. The van der Waals surface area contributed by atoms with Crippen molar-refractivity contribution >= 4 is 69.7 Å². The Morgan fingerprint density at radius 1 is 1.27 bits per heavy atom. The molecule has 0 aliphatic heterocycles. The minimum Gasteiger partial charge on any atom is -0.258 e. The molecule has 1 aromatic carbocycles. The first-order valence-corrected chi connectivity index (χ1v) is 3.08. The van der Waals surface area contributed by atoms with E-state index >= 15 is 0 Å². The minimum absolute atomic E-state index is 0. The van der Waals surface area contributed by atoms with Crippen LogP contribution in [0.3, 0.4) is 0 Å². The maximum absolute atomic E-state index is 10.1. The largest absolute Gasteiger partial charge is 0.269 e. The fourth-order valence-electron chi connectivity index (χ4n) is 0.574. The number of non-ortho nitro benzene ring substituents is 1. The molecular weight excluding hydrogens is 189 g/mol. The molecule has 3 nitrogen and oxygen atoms in total. The molecule has 0 N–H and O–H groups in total. The van der Waals surface area contributed by atoms with Gasteiger partial charge in [-0.25, -0.2) is 0 Å². The van der Waals surface area contributed by atoms with Crippen molar-refractivity contribution < 1.29 is 4.92 Å². The van der Waals surface area contributed by atoms with Gasteiger partial charge in [0.25, 0.3) is 5.69 Å². The van der Waals surface area contributed by atoms with E-state index < -0.39 is 4.92 Å². The standard InChI is InChI=1S/C6H5NO2S.K/c8-7(9)5-1-3-6(10)4-2-5;/h1-4,10H;. The molecule has 0 bridgehead atoms. The number of nitro benzene ring substituents is 1. The van der Waals surface area contributed by atoms with Crippen molar-refractivity contribution in [1.29, 1.82) is 0 Å². The summed E-state index contributed by atoms with van der Waals surface area (Å²) in [6, 6.07) is 6.01. The maximum Gasteiger partial charge on any atom is 0.269 e. The number of rotatable bonds is 1. The molecule has 0 aliphatic rings. The van der Waals surface area contributed by atoms with E-state index in [4.69, 9.17) is 0 Å². The van der Waals surface area contributed by atoms with E-state index in [1.54, 1.807) is 12.1 Å². The van der Waals surface area contributed by atoms with Gasteiger partial charge in [0.1, 0.15) is 0 Å². The van der Waals surface area contributed by atoms with Gasteiger partial charge in [0.15, 0.2) is 0 Å². The van der Waals surface area contributed by atoms with Crippen LogP contribution in [0.1, 0.15) is 0 Å². The smallest absolute Gasteiger partial charge is 0.258 e. The number of thiol groups is 1. The molecule has 0 unspecified atom stereocenters. The Labute approximate surface area is 112 Å². The Bertz CT molecular complexity index is 249. The molecule has 0 amide bonds. The fraction of sp³-hybridized carbons (Fsp3) is 0. The summed E-state index contributed by atoms with van der Waals surface area (Å²) in [6.45, 7) is 0. The van der Waals surface area contributed by atoms with Crippen LogP contribution in [0, 0.1) is 10.1 Å². The summed E-state index contributed by atoms with van der Waals surface area (Å²) in [5.41, 5.74) is 0.0952. The van der Waals surface area contributed by atoms with Gasteiger partial charge in [-0.1, -0.05) is 0 Å². The Hall–Kier alpha value is 0.606. The third-order valence-corrected chi connectivity index (χ3v) is 1.36. The van der Waals surface area contributed by atoms with Gasteiger partial charge in [0.2, 0.25) is 0 Å². The number of benzene rings is 1. The van der Waals surface area contributed by atoms with Gasteiger partial charge < -0.3 is 0 Å². The second-order valence-electron chi connectivity index (χ2n) is 1.77. The number of nitrogens with zero attached hydrogens (tertiary/aromatic N) is 1. The summed E-state index contributed by atoms with van der Waals surface area (Å²) >= 11 is 3.98. The van der Waals surface area contributed by atoms with Crippen LogP contribution in [0.15, 0.2) is 29.2 Å². The zero-order valence-electron chi connectivity index (χ0n) is 6.02. The zero-order chi connectivity index (χ0) is 7.56. The molecule has 0 aromatic heterocycles. The van der Waals surface area contributed by atoms with Crippen LogP contribution in [0.5, 0.6) is 0 Å². The summed E-state index contributed by atoms with van der Waals surface area (Å²) in [4.78, 5) is 10.4. The van der Waals surface area contributed by atoms with Crippen LogP contribution >= 0.6 is 12.6 Å². The van der Waals surface area contributed by atoms with Crippen LogP contribution in [-0.2, 0) is 0 Å². The van der Waals surface area contributed by atoms with Crippen molar-refractivity contribution in [2.45, 2.75) is 4.90 Å². The zero-order valence-corrected chi connectivity index (χ0v) is 10.0. The molecule has 11 heavy (non-hydrogen) atoms. The minimum atomic E-state index is -0.437. The van der Waals surface area contributed by atoms with Gasteiger partial charge in [-0.3, -0.25) is 10.1 Å². The van der Waals surface area contributed by atoms with E-state index in [-0.39, 0.29) is 57.1 Å². The first-order valence-electron chi connectivity index (χ1n) is 2.63. The molecule has 1 radical (unpaired) electrons. The molecule has 0 saturated heterocycles. The first kappa shape index (κ1) is 11.6. The second kappa shape index (κ2) is 5.29. The number of nitro groups is 1. The molecule has 1 rings (SSSR count). The van der Waals surface area contributed by atoms with Crippen molar-refractivity contribution in [1.82, 2.24) is 0 Å². The van der Waals surface area contributed by atoms with Crippen molar-refractivity contribution in [3.05, 3.63) is 34.4 Å². The molecule has 5 heteroatoms. The molecule has 0 atom stereocenters. The summed E-state index contributed by atoms with van der Waals surface area (Å²) in [7, 11) is 0. The summed E-state index contributed by atoms with van der Waals surface area (Å²) in [5, 5.41) is 10.1. The average molecular weight is 194 g/mol. The van der Waals surface area contributed by atoms with E-state index in [2.05, 4.69) is 12.6 Å². The summed E-state index contributed by atoms with van der Waals surface area (Å²) in [5.74, 6) is 0. The van der Waals surface area contributed by atoms with Gasteiger partial charge in [-0.05, 0) is 12.1 Å². The number of hydrogen-bond acceptors (Lipinski definition) is 3. The third kappa shape index (κ3) is 3.68. The molecule has 0 heterocycles. The van der Waals surface area contributed by atoms with E-state index in [0.717, 1.165) is 4.90 Å². The Morgan fingerprint density at radius 2 is 1.73 bits per heavy atom. The van der Waals surface area contributed by atoms with Crippen LogP contribution in [0.2, 0.25) is 0 Å². The Kier molecular flexibility index (Phi) is 5.58. The van der Waals surface area contributed by atoms with Crippen LogP contribution in [0.25, 0.3) is 0 Å². The molecule has 53 valence electrons. The molecule has 0 spiro atoms. The first-order chi connectivity index (χ1) is 4.70. The van der Waals surface area contributed by atoms with Gasteiger partial charge in [0.05, 0.1) is 4.92 Å².